The summed E-state index contributed by atoms with van der Waals surface area (Å²) in [5.41, 5.74) is 0. The fourth-order valence-corrected chi connectivity index (χ4v) is 7.43. The van der Waals surface area contributed by atoms with Gasteiger partial charge in [-0.15, -0.1) is 0 Å². The summed E-state index contributed by atoms with van der Waals surface area (Å²) in [4.78, 5) is 12.5. The minimum absolute atomic E-state index is 0.364. The van der Waals surface area contributed by atoms with Crippen LogP contribution in [-0.4, -0.2) is 57.3 Å². The van der Waals surface area contributed by atoms with Crippen LogP contribution in [0.1, 0.15) is 245 Å². The third-order valence-corrected chi connectivity index (χ3v) is 11.2. The molecule has 4 unspecified atom stereocenters. The highest BCUT2D eigenvalue weighted by Crippen LogP contribution is 2.17. The van der Waals surface area contributed by atoms with Gasteiger partial charge in [-0.1, -0.05) is 224 Å². The molecule has 6 nitrogen and oxygen atoms in total. The standard InChI is InChI=1S/C48H93NO5/c1-3-5-7-9-11-13-14-15-16-17-18-19-20-21-22-23-24-25-26-27-28-29-30-31-32-34-36-38-40-42-46(52)48(54)49-44(43-50)47(53)45(51)41-39-37-35-33-12-10-8-6-4-2/h6,8,33,35,44-47,50-53H,3-5,7,9-32,34,36-43H2,1-2H3,(H,49,54)/b8-6+,35-33+. The van der Waals surface area contributed by atoms with Crippen LogP contribution >= 0.6 is 0 Å². The zero-order chi connectivity index (χ0) is 39.6. The zero-order valence-corrected chi connectivity index (χ0v) is 36.0. The molecule has 5 N–H and O–H groups in total. The molecule has 0 saturated carbocycles. The average Bonchev–Trinajstić information content (AvgIpc) is 3.18. The SMILES string of the molecule is CC/C=C/CC/C=C/CCCC(O)C(O)C(CO)NC(=O)C(O)CCCCCCCCCCCCCCCCCCCCCCCCCCCCCCC. The summed E-state index contributed by atoms with van der Waals surface area (Å²) in [7, 11) is 0. The largest absolute Gasteiger partial charge is 0.394 e. The first-order chi connectivity index (χ1) is 26.5. The molecule has 0 aromatic heterocycles. The Labute approximate surface area is 335 Å². The maximum absolute atomic E-state index is 12.5. The van der Waals surface area contributed by atoms with Crippen molar-refractivity contribution >= 4 is 5.91 Å². The fraction of sp³-hybridized carbons (Fsp3) is 0.896. The average molecular weight is 764 g/mol. The predicted octanol–water partition coefficient (Wildman–Crippen LogP) is 12.7. The van der Waals surface area contributed by atoms with Gasteiger partial charge in [-0.05, 0) is 44.9 Å². The highest BCUT2D eigenvalue weighted by molar-refractivity contribution is 5.80. The van der Waals surface area contributed by atoms with Crippen molar-refractivity contribution in [2.24, 2.45) is 0 Å². The zero-order valence-electron chi connectivity index (χ0n) is 36.0. The third-order valence-electron chi connectivity index (χ3n) is 11.2. The van der Waals surface area contributed by atoms with Crippen LogP contribution in [0.5, 0.6) is 0 Å². The Morgan fingerprint density at radius 2 is 0.815 bits per heavy atom. The molecule has 0 aliphatic carbocycles. The van der Waals surface area contributed by atoms with Gasteiger partial charge in [-0.25, -0.2) is 0 Å². The molecule has 0 rings (SSSR count). The number of amides is 1. The monoisotopic (exact) mass is 764 g/mol. The molecular formula is C48H93NO5. The second-order valence-electron chi connectivity index (χ2n) is 16.4. The van der Waals surface area contributed by atoms with E-state index in [0.29, 0.717) is 19.3 Å². The highest BCUT2D eigenvalue weighted by Gasteiger charge is 2.28. The van der Waals surface area contributed by atoms with Crippen molar-refractivity contribution in [3.8, 4) is 0 Å². The van der Waals surface area contributed by atoms with Crippen LogP contribution < -0.4 is 5.32 Å². The van der Waals surface area contributed by atoms with Crippen molar-refractivity contribution < 1.29 is 25.2 Å². The van der Waals surface area contributed by atoms with Crippen molar-refractivity contribution in [3.05, 3.63) is 24.3 Å². The summed E-state index contributed by atoms with van der Waals surface area (Å²) in [6.45, 7) is 3.91. The maximum Gasteiger partial charge on any atom is 0.249 e. The number of rotatable bonds is 43. The molecule has 0 fully saturated rings. The molecule has 6 heteroatoms. The van der Waals surface area contributed by atoms with E-state index in [1.165, 1.54) is 167 Å². The van der Waals surface area contributed by atoms with Crippen molar-refractivity contribution in [2.45, 2.75) is 269 Å². The molecule has 0 spiro atoms. The number of aliphatic hydroxyl groups is 4. The molecule has 0 bridgehead atoms. The van der Waals surface area contributed by atoms with Gasteiger partial charge in [0.05, 0.1) is 18.8 Å². The van der Waals surface area contributed by atoms with Gasteiger partial charge in [-0.2, -0.15) is 0 Å². The summed E-state index contributed by atoms with van der Waals surface area (Å²) < 4.78 is 0. The van der Waals surface area contributed by atoms with Gasteiger partial charge in [0.1, 0.15) is 12.2 Å². The molecule has 4 atom stereocenters. The second kappa shape index (κ2) is 42.9. The van der Waals surface area contributed by atoms with Crippen LogP contribution in [0.4, 0.5) is 0 Å². The number of nitrogens with one attached hydrogen (secondary N) is 1. The van der Waals surface area contributed by atoms with E-state index in [2.05, 4.69) is 43.5 Å². The number of hydrogen-bond acceptors (Lipinski definition) is 5. The van der Waals surface area contributed by atoms with Crippen LogP contribution in [-0.2, 0) is 4.79 Å². The predicted molar refractivity (Wildman–Crippen MR) is 233 cm³/mol. The first-order valence-electron chi connectivity index (χ1n) is 23.7. The molecule has 320 valence electrons. The van der Waals surface area contributed by atoms with Gasteiger partial charge in [0.25, 0.3) is 0 Å². The van der Waals surface area contributed by atoms with E-state index in [4.69, 9.17) is 0 Å². The lowest BCUT2D eigenvalue weighted by Crippen LogP contribution is -2.53. The fourth-order valence-electron chi connectivity index (χ4n) is 7.43. The Morgan fingerprint density at radius 3 is 1.19 bits per heavy atom. The molecule has 0 radical (unpaired) electrons. The van der Waals surface area contributed by atoms with E-state index in [-0.39, 0.29) is 0 Å². The lowest BCUT2D eigenvalue weighted by Gasteiger charge is -2.27. The lowest BCUT2D eigenvalue weighted by molar-refractivity contribution is -0.132. The Bertz CT molecular complexity index is 817. The quantitative estimate of drug-likeness (QED) is 0.0314. The molecule has 0 heterocycles. The topological polar surface area (TPSA) is 110 Å². The Morgan fingerprint density at radius 1 is 0.463 bits per heavy atom. The summed E-state index contributed by atoms with van der Waals surface area (Å²) >= 11 is 0. The minimum Gasteiger partial charge on any atom is -0.394 e. The Balaban J connectivity index is 3.54. The van der Waals surface area contributed by atoms with E-state index < -0.39 is 36.9 Å². The van der Waals surface area contributed by atoms with Crippen LogP contribution in [0.3, 0.4) is 0 Å². The number of hydrogen-bond donors (Lipinski definition) is 5. The highest BCUT2D eigenvalue weighted by atomic mass is 16.3. The molecule has 54 heavy (non-hydrogen) atoms. The molecule has 0 aliphatic rings. The van der Waals surface area contributed by atoms with Gasteiger partial charge >= 0.3 is 0 Å². The number of carbonyl (C=O) groups excluding carboxylic acids is 1. The lowest BCUT2D eigenvalue weighted by atomic mass is 10.00. The van der Waals surface area contributed by atoms with Crippen molar-refractivity contribution in [2.75, 3.05) is 6.61 Å². The van der Waals surface area contributed by atoms with E-state index in [9.17, 15) is 25.2 Å². The van der Waals surface area contributed by atoms with E-state index in [1.54, 1.807) is 0 Å². The summed E-state index contributed by atoms with van der Waals surface area (Å²) in [6.07, 6.45) is 49.8. The van der Waals surface area contributed by atoms with E-state index in [0.717, 1.165) is 44.9 Å². The maximum atomic E-state index is 12.5. The minimum atomic E-state index is -1.28. The molecule has 1 amide bonds. The first-order valence-corrected chi connectivity index (χ1v) is 23.7. The van der Waals surface area contributed by atoms with Crippen molar-refractivity contribution in [3.63, 3.8) is 0 Å². The smallest absolute Gasteiger partial charge is 0.249 e. The van der Waals surface area contributed by atoms with E-state index >= 15 is 0 Å². The van der Waals surface area contributed by atoms with Gasteiger partial charge in [-0.3, -0.25) is 4.79 Å². The van der Waals surface area contributed by atoms with Gasteiger partial charge in [0.15, 0.2) is 0 Å². The normalized spacial score (nSPS) is 14.3. The van der Waals surface area contributed by atoms with Crippen LogP contribution in [0.2, 0.25) is 0 Å². The Hall–Kier alpha value is -1.21. The second-order valence-corrected chi connectivity index (χ2v) is 16.4. The molecule has 0 aromatic carbocycles. The van der Waals surface area contributed by atoms with Crippen LogP contribution in [0.25, 0.3) is 0 Å². The summed E-state index contributed by atoms with van der Waals surface area (Å²) in [5, 5.41) is 43.4. The van der Waals surface area contributed by atoms with Gasteiger partial charge < -0.3 is 25.7 Å². The van der Waals surface area contributed by atoms with Crippen molar-refractivity contribution in [1.82, 2.24) is 5.32 Å². The van der Waals surface area contributed by atoms with E-state index in [1.807, 2.05) is 0 Å². The molecule has 0 aliphatic heterocycles. The van der Waals surface area contributed by atoms with Crippen LogP contribution in [0.15, 0.2) is 24.3 Å². The summed E-state index contributed by atoms with van der Waals surface area (Å²) in [6, 6.07) is -1.00. The third kappa shape index (κ3) is 36.4. The van der Waals surface area contributed by atoms with Gasteiger partial charge in [0, 0.05) is 0 Å². The van der Waals surface area contributed by atoms with Gasteiger partial charge in [0.2, 0.25) is 5.91 Å². The molecule has 0 aromatic rings. The number of unbranched alkanes of at least 4 members (excludes halogenated alkanes) is 30. The molecular weight excluding hydrogens is 671 g/mol. The molecule has 0 saturated heterocycles. The van der Waals surface area contributed by atoms with Crippen molar-refractivity contribution in [1.29, 1.82) is 0 Å². The summed E-state index contributed by atoms with van der Waals surface area (Å²) in [5.74, 6) is -0.597. The number of allylic oxidation sites excluding steroid dienone is 4. The van der Waals surface area contributed by atoms with Crippen LogP contribution in [0, 0.1) is 0 Å². The number of aliphatic hydroxyl groups excluding tert-OH is 4. The number of carbonyl (C=O) groups is 1. The Kier molecular flexibility index (Phi) is 42.0. The first kappa shape index (κ1) is 52.8.